The molecule has 1 unspecified atom stereocenters. The van der Waals surface area contributed by atoms with Crippen LogP contribution in [0, 0.1) is 5.41 Å². The normalized spacial score (nSPS) is 18.4. The molecule has 0 radical (unpaired) electrons. The number of nitrogens with zero attached hydrogens (tertiary/aromatic N) is 5. The van der Waals surface area contributed by atoms with E-state index in [1.165, 1.54) is 6.33 Å². The number of carbonyl (C=O) groups excluding carboxylic acids is 1. The second kappa shape index (κ2) is 6.10. The van der Waals surface area contributed by atoms with Gasteiger partial charge in [0.15, 0.2) is 0 Å². The summed E-state index contributed by atoms with van der Waals surface area (Å²) in [5, 5.41) is 11.1. The van der Waals surface area contributed by atoms with E-state index < -0.39 is 0 Å². The van der Waals surface area contributed by atoms with E-state index in [9.17, 15) is 4.79 Å². The highest BCUT2D eigenvalue weighted by atomic mass is 16.2. The standard InChI is InChI=1S/C17H23N5O/c1-17(2,3)11-15-5-4-10-21(15)16(23)13-6-8-14(9-7-13)22-12-18-19-20-22/h6-9,12,15H,4-5,10-11H2,1-3H3. The van der Waals surface area contributed by atoms with Crippen molar-refractivity contribution in [3.8, 4) is 5.69 Å². The van der Waals surface area contributed by atoms with Crippen molar-refractivity contribution in [2.45, 2.75) is 46.1 Å². The van der Waals surface area contributed by atoms with Gasteiger partial charge in [-0.15, -0.1) is 5.10 Å². The van der Waals surface area contributed by atoms with Gasteiger partial charge < -0.3 is 4.90 Å². The van der Waals surface area contributed by atoms with Gasteiger partial charge in [0, 0.05) is 18.2 Å². The van der Waals surface area contributed by atoms with Crippen LogP contribution < -0.4 is 0 Å². The molecule has 1 fully saturated rings. The van der Waals surface area contributed by atoms with Crippen LogP contribution in [0.2, 0.25) is 0 Å². The second-order valence-electron chi connectivity index (χ2n) is 7.36. The van der Waals surface area contributed by atoms with Crippen LogP contribution in [0.1, 0.15) is 50.4 Å². The molecule has 1 atom stereocenters. The minimum absolute atomic E-state index is 0.125. The number of carbonyl (C=O) groups is 1. The Kier molecular flexibility index (Phi) is 4.15. The Bertz CT molecular complexity index is 657. The van der Waals surface area contributed by atoms with Crippen molar-refractivity contribution < 1.29 is 4.79 Å². The maximum Gasteiger partial charge on any atom is 0.254 e. The maximum atomic E-state index is 12.8. The summed E-state index contributed by atoms with van der Waals surface area (Å²) in [6.07, 6.45) is 4.78. The molecule has 1 aromatic carbocycles. The molecule has 1 saturated heterocycles. The van der Waals surface area contributed by atoms with Crippen molar-refractivity contribution in [1.29, 1.82) is 0 Å². The zero-order chi connectivity index (χ0) is 16.4. The minimum Gasteiger partial charge on any atom is -0.336 e. The van der Waals surface area contributed by atoms with E-state index in [1.807, 2.05) is 29.2 Å². The Morgan fingerprint density at radius 3 is 2.61 bits per heavy atom. The third kappa shape index (κ3) is 3.57. The van der Waals surface area contributed by atoms with Gasteiger partial charge >= 0.3 is 0 Å². The summed E-state index contributed by atoms with van der Waals surface area (Å²) in [6.45, 7) is 7.55. The first-order valence-electron chi connectivity index (χ1n) is 8.08. The van der Waals surface area contributed by atoms with E-state index in [-0.39, 0.29) is 11.3 Å². The lowest BCUT2D eigenvalue weighted by Gasteiger charge is -2.30. The average Bonchev–Trinajstić information content (AvgIpc) is 3.16. The summed E-state index contributed by atoms with van der Waals surface area (Å²) >= 11 is 0. The lowest BCUT2D eigenvalue weighted by molar-refractivity contribution is 0.0704. The predicted molar refractivity (Wildman–Crippen MR) is 87.3 cm³/mol. The van der Waals surface area contributed by atoms with Crippen LogP contribution in [0.3, 0.4) is 0 Å². The number of aromatic nitrogens is 4. The molecule has 6 heteroatoms. The molecule has 6 nitrogen and oxygen atoms in total. The first-order valence-corrected chi connectivity index (χ1v) is 8.08. The molecule has 122 valence electrons. The van der Waals surface area contributed by atoms with Gasteiger partial charge in [-0.2, -0.15) is 0 Å². The summed E-state index contributed by atoms with van der Waals surface area (Å²) < 4.78 is 1.58. The van der Waals surface area contributed by atoms with E-state index in [2.05, 4.69) is 36.3 Å². The third-order valence-corrected chi connectivity index (χ3v) is 4.21. The second-order valence-corrected chi connectivity index (χ2v) is 7.36. The number of amides is 1. The molecule has 1 aromatic heterocycles. The quantitative estimate of drug-likeness (QED) is 0.874. The van der Waals surface area contributed by atoms with E-state index in [0.29, 0.717) is 6.04 Å². The topological polar surface area (TPSA) is 63.9 Å². The Hall–Kier alpha value is -2.24. The Balaban J connectivity index is 1.74. The number of hydrogen-bond acceptors (Lipinski definition) is 4. The molecule has 2 aromatic rings. The van der Waals surface area contributed by atoms with Gasteiger partial charge in [0.2, 0.25) is 0 Å². The number of likely N-dealkylation sites (tertiary alicyclic amines) is 1. The van der Waals surface area contributed by atoms with Crippen molar-refractivity contribution in [3.05, 3.63) is 36.2 Å². The molecule has 0 saturated carbocycles. The molecule has 0 spiro atoms. The van der Waals surface area contributed by atoms with Crippen LogP contribution in [0.25, 0.3) is 5.69 Å². The molecule has 1 aliphatic rings. The van der Waals surface area contributed by atoms with Gasteiger partial charge in [-0.3, -0.25) is 4.79 Å². The molecule has 0 bridgehead atoms. The predicted octanol–water partition coefficient (Wildman–Crippen LogP) is 2.70. The van der Waals surface area contributed by atoms with Crippen molar-refractivity contribution in [2.75, 3.05) is 6.54 Å². The first kappa shape index (κ1) is 15.6. The van der Waals surface area contributed by atoms with E-state index in [0.717, 1.165) is 37.1 Å². The highest BCUT2D eigenvalue weighted by Gasteiger charge is 2.32. The summed E-state index contributed by atoms with van der Waals surface area (Å²) in [5.74, 6) is 0.125. The summed E-state index contributed by atoms with van der Waals surface area (Å²) in [7, 11) is 0. The molecule has 23 heavy (non-hydrogen) atoms. The molecule has 2 heterocycles. The monoisotopic (exact) mass is 313 g/mol. The van der Waals surface area contributed by atoms with Crippen LogP contribution in [-0.2, 0) is 0 Å². The van der Waals surface area contributed by atoms with Gasteiger partial charge in [0.25, 0.3) is 5.91 Å². The molecule has 0 N–H and O–H groups in total. The van der Waals surface area contributed by atoms with Gasteiger partial charge in [0.1, 0.15) is 6.33 Å². The Morgan fingerprint density at radius 1 is 1.26 bits per heavy atom. The van der Waals surface area contributed by atoms with Crippen LogP contribution in [0.15, 0.2) is 30.6 Å². The lowest BCUT2D eigenvalue weighted by Crippen LogP contribution is -2.37. The van der Waals surface area contributed by atoms with Gasteiger partial charge in [-0.05, 0) is 59.4 Å². The fourth-order valence-electron chi connectivity index (χ4n) is 3.22. The van der Waals surface area contributed by atoms with E-state index in [1.54, 1.807) is 4.68 Å². The van der Waals surface area contributed by atoms with Crippen LogP contribution in [0.4, 0.5) is 0 Å². The minimum atomic E-state index is 0.125. The van der Waals surface area contributed by atoms with Crippen molar-refractivity contribution in [1.82, 2.24) is 25.1 Å². The summed E-state index contributed by atoms with van der Waals surface area (Å²) in [6, 6.07) is 7.80. The largest absolute Gasteiger partial charge is 0.336 e. The number of benzene rings is 1. The van der Waals surface area contributed by atoms with Crippen molar-refractivity contribution in [2.24, 2.45) is 5.41 Å². The smallest absolute Gasteiger partial charge is 0.254 e. The molecular formula is C17H23N5O. The number of hydrogen-bond donors (Lipinski definition) is 0. The van der Waals surface area contributed by atoms with Gasteiger partial charge in [-0.1, -0.05) is 20.8 Å². The van der Waals surface area contributed by atoms with Gasteiger partial charge in [-0.25, -0.2) is 4.68 Å². The Morgan fingerprint density at radius 2 is 2.00 bits per heavy atom. The molecule has 1 aliphatic heterocycles. The fourth-order valence-corrected chi connectivity index (χ4v) is 3.22. The molecular weight excluding hydrogens is 290 g/mol. The summed E-state index contributed by atoms with van der Waals surface area (Å²) in [5.41, 5.74) is 1.80. The Labute approximate surface area is 136 Å². The maximum absolute atomic E-state index is 12.8. The zero-order valence-electron chi connectivity index (χ0n) is 13.9. The van der Waals surface area contributed by atoms with Crippen molar-refractivity contribution in [3.63, 3.8) is 0 Å². The number of tetrazole rings is 1. The number of rotatable bonds is 3. The van der Waals surface area contributed by atoms with E-state index in [4.69, 9.17) is 0 Å². The highest BCUT2D eigenvalue weighted by Crippen LogP contribution is 2.30. The fraction of sp³-hybridized carbons (Fsp3) is 0.529. The lowest BCUT2D eigenvalue weighted by atomic mass is 9.87. The van der Waals surface area contributed by atoms with Crippen LogP contribution in [0.5, 0.6) is 0 Å². The van der Waals surface area contributed by atoms with Crippen LogP contribution in [-0.4, -0.2) is 43.6 Å². The van der Waals surface area contributed by atoms with E-state index >= 15 is 0 Å². The van der Waals surface area contributed by atoms with Gasteiger partial charge in [0.05, 0.1) is 5.69 Å². The SMILES string of the molecule is CC(C)(C)CC1CCCN1C(=O)c1ccc(-n2cnnn2)cc1. The zero-order valence-corrected chi connectivity index (χ0v) is 13.9. The molecule has 0 aliphatic carbocycles. The third-order valence-electron chi connectivity index (χ3n) is 4.21. The molecule has 3 rings (SSSR count). The average molecular weight is 313 g/mol. The van der Waals surface area contributed by atoms with Crippen molar-refractivity contribution >= 4 is 5.91 Å². The van der Waals surface area contributed by atoms with Crippen LogP contribution >= 0.6 is 0 Å². The molecule has 1 amide bonds. The highest BCUT2D eigenvalue weighted by molar-refractivity contribution is 5.94. The first-order chi connectivity index (χ1) is 10.9. The summed E-state index contributed by atoms with van der Waals surface area (Å²) in [4.78, 5) is 14.9.